The van der Waals surface area contributed by atoms with Crippen LogP contribution in [-0.4, -0.2) is 18.6 Å². The van der Waals surface area contributed by atoms with Gasteiger partial charge < -0.3 is 14.7 Å². The first-order valence-corrected chi connectivity index (χ1v) is 4.37. The van der Waals surface area contributed by atoms with E-state index in [0.29, 0.717) is 11.6 Å². The number of rotatable bonds is 0. The molecule has 1 heterocycles. The zero-order chi connectivity index (χ0) is 9.42. The van der Waals surface area contributed by atoms with E-state index in [9.17, 15) is 5.11 Å². The van der Waals surface area contributed by atoms with Crippen molar-refractivity contribution in [2.45, 2.75) is 13.0 Å². The van der Waals surface area contributed by atoms with Gasteiger partial charge in [-0.05, 0) is 18.2 Å². The Bertz CT molecular complexity index is 329. The lowest BCUT2D eigenvalue weighted by Gasteiger charge is -2.32. The van der Waals surface area contributed by atoms with Crippen LogP contribution < -0.4 is 4.90 Å². The molecule has 0 saturated carbocycles. The van der Waals surface area contributed by atoms with E-state index in [4.69, 9.17) is 16.3 Å². The average Bonchev–Trinajstić information content (AvgIpc) is 2.12. The van der Waals surface area contributed by atoms with Crippen LogP contribution in [0.5, 0.6) is 0 Å². The maximum Gasteiger partial charge on any atom is 0.238 e. The molecule has 0 bridgehead atoms. The zero-order valence-electron chi connectivity index (χ0n) is 7.20. The Morgan fingerprint density at radius 1 is 1.62 bits per heavy atom. The summed E-state index contributed by atoms with van der Waals surface area (Å²) >= 11 is 5.82. The molecule has 0 spiro atoms. The van der Waals surface area contributed by atoms with Gasteiger partial charge in [0, 0.05) is 23.3 Å². The monoisotopic (exact) mass is 199 g/mol. The molecule has 1 aliphatic rings. The lowest BCUT2D eigenvalue weighted by Crippen LogP contribution is -2.37. The van der Waals surface area contributed by atoms with Crippen LogP contribution in [0.1, 0.15) is 5.56 Å². The summed E-state index contributed by atoms with van der Waals surface area (Å²) in [4.78, 5) is 1.66. The summed E-state index contributed by atoms with van der Waals surface area (Å²) in [5.74, 6) is 0. The van der Waals surface area contributed by atoms with Crippen molar-refractivity contribution in [1.29, 1.82) is 0 Å². The fraction of sp³-hybridized carbons (Fsp3) is 0.333. The Morgan fingerprint density at radius 3 is 3.15 bits per heavy atom. The van der Waals surface area contributed by atoms with Crippen LogP contribution in [0.3, 0.4) is 0 Å². The highest BCUT2D eigenvalue weighted by atomic mass is 35.5. The fourth-order valence-corrected chi connectivity index (χ4v) is 1.60. The van der Waals surface area contributed by atoms with Crippen LogP contribution in [-0.2, 0) is 11.3 Å². The van der Waals surface area contributed by atoms with E-state index in [0.717, 1.165) is 11.3 Å². The number of aliphatic hydroxyl groups is 1. The van der Waals surface area contributed by atoms with Gasteiger partial charge in [0.2, 0.25) is 6.41 Å². The van der Waals surface area contributed by atoms with Crippen molar-refractivity contribution >= 4 is 17.3 Å². The predicted octanol–water partition coefficient (Wildman–Crippen LogP) is 1.58. The van der Waals surface area contributed by atoms with Gasteiger partial charge in [0.25, 0.3) is 0 Å². The Labute approximate surface area is 81.5 Å². The van der Waals surface area contributed by atoms with E-state index in [1.54, 1.807) is 18.0 Å². The summed E-state index contributed by atoms with van der Waals surface area (Å²) in [6.07, 6.45) is -0.853. The van der Waals surface area contributed by atoms with E-state index in [1.807, 2.05) is 12.1 Å². The molecule has 0 fully saturated rings. The number of ether oxygens (including phenoxy) is 1. The minimum atomic E-state index is -0.853. The Balaban J connectivity index is 2.44. The molecule has 1 aromatic carbocycles. The van der Waals surface area contributed by atoms with Crippen molar-refractivity contribution in [2.75, 3.05) is 11.9 Å². The van der Waals surface area contributed by atoms with E-state index >= 15 is 0 Å². The summed E-state index contributed by atoms with van der Waals surface area (Å²) in [6.45, 7) is 0.404. The van der Waals surface area contributed by atoms with Crippen molar-refractivity contribution in [2.24, 2.45) is 0 Å². The molecule has 3 nitrogen and oxygen atoms in total. The maximum absolute atomic E-state index is 9.36. The first-order valence-electron chi connectivity index (χ1n) is 3.99. The number of hydrogen-bond acceptors (Lipinski definition) is 3. The molecular weight excluding hydrogens is 190 g/mol. The van der Waals surface area contributed by atoms with Crippen LogP contribution in [0.25, 0.3) is 0 Å². The molecule has 13 heavy (non-hydrogen) atoms. The van der Waals surface area contributed by atoms with E-state index in [1.165, 1.54) is 0 Å². The van der Waals surface area contributed by atoms with Crippen LogP contribution in [0.15, 0.2) is 18.2 Å². The molecule has 1 atom stereocenters. The minimum Gasteiger partial charge on any atom is -0.351 e. The molecule has 1 aromatic rings. The van der Waals surface area contributed by atoms with Gasteiger partial charge in [0.1, 0.15) is 0 Å². The van der Waals surface area contributed by atoms with Crippen LogP contribution >= 0.6 is 11.6 Å². The average molecular weight is 200 g/mol. The molecule has 0 aliphatic carbocycles. The van der Waals surface area contributed by atoms with Gasteiger partial charge in [-0.15, -0.1) is 0 Å². The predicted molar refractivity (Wildman–Crippen MR) is 50.7 cm³/mol. The van der Waals surface area contributed by atoms with E-state index in [2.05, 4.69) is 0 Å². The summed E-state index contributed by atoms with van der Waals surface area (Å²) in [6, 6.07) is 5.53. The van der Waals surface area contributed by atoms with Crippen molar-refractivity contribution in [3.05, 3.63) is 28.8 Å². The Kier molecular flexibility index (Phi) is 2.15. The number of benzene rings is 1. The number of halogens is 1. The third-order valence-electron chi connectivity index (χ3n) is 2.14. The second-order valence-corrected chi connectivity index (χ2v) is 3.46. The van der Waals surface area contributed by atoms with Gasteiger partial charge in [-0.25, -0.2) is 0 Å². The number of fused-ring (bicyclic) bond motifs is 1. The van der Waals surface area contributed by atoms with Crippen molar-refractivity contribution < 1.29 is 9.84 Å². The maximum atomic E-state index is 9.36. The molecule has 1 aliphatic heterocycles. The summed E-state index contributed by atoms with van der Waals surface area (Å²) < 4.78 is 5.09. The third kappa shape index (κ3) is 1.50. The highest BCUT2D eigenvalue weighted by molar-refractivity contribution is 6.30. The smallest absolute Gasteiger partial charge is 0.238 e. The topological polar surface area (TPSA) is 32.7 Å². The number of anilines is 1. The van der Waals surface area contributed by atoms with Gasteiger partial charge in [-0.1, -0.05) is 11.6 Å². The van der Waals surface area contributed by atoms with Crippen molar-refractivity contribution in [1.82, 2.24) is 0 Å². The molecule has 70 valence electrons. The Morgan fingerprint density at radius 2 is 2.38 bits per heavy atom. The molecule has 0 amide bonds. The number of nitrogens with zero attached hydrogens (tertiary/aromatic N) is 1. The summed E-state index contributed by atoms with van der Waals surface area (Å²) in [5, 5.41) is 10.1. The zero-order valence-corrected chi connectivity index (χ0v) is 7.95. The number of aliphatic hydroxyl groups excluding tert-OH is 1. The standard InChI is InChI=1S/C9H10ClNO2/c1-11-8-3-2-7(10)4-6(8)5-13-9(11)12/h2-4,9,12H,5H2,1H3. The molecule has 0 aromatic heterocycles. The normalized spacial score (nSPS) is 21.5. The quantitative estimate of drug-likeness (QED) is 0.689. The lowest BCUT2D eigenvalue weighted by atomic mass is 10.1. The van der Waals surface area contributed by atoms with Crippen LogP contribution in [0.4, 0.5) is 5.69 Å². The minimum absolute atomic E-state index is 0.404. The van der Waals surface area contributed by atoms with Crippen molar-refractivity contribution in [3.63, 3.8) is 0 Å². The first-order chi connectivity index (χ1) is 6.18. The second kappa shape index (κ2) is 3.18. The molecule has 1 unspecified atom stereocenters. The van der Waals surface area contributed by atoms with E-state index < -0.39 is 6.41 Å². The fourth-order valence-electron chi connectivity index (χ4n) is 1.41. The van der Waals surface area contributed by atoms with E-state index in [-0.39, 0.29) is 0 Å². The second-order valence-electron chi connectivity index (χ2n) is 3.02. The molecule has 2 rings (SSSR count). The molecular formula is C9H10ClNO2. The van der Waals surface area contributed by atoms with Gasteiger partial charge in [0.15, 0.2) is 0 Å². The van der Waals surface area contributed by atoms with Gasteiger partial charge >= 0.3 is 0 Å². The SMILES string of the molecule is CN1c2ccc(Cl)cc2COC1O. The highest BCUT2D eigenvalue weighted by Crippen LogP contribution is 2.29. The molecule has 1 N–H and O–H groups in total. The lowest BCUT2D eigenvalue weighted by molar-refractivity contribution is -0.112. The van der Waals surface area contributed by atoms with Gasteiger partial charge in [-0.3, -0.25) is 0 Å². The van der Waals surface area contributed by atoms with Crippen LogP contribution in [0, 0.1) is 0 Å². The Hall–Kier alpha value is -0.770. The summed E-state index contributed by atoms with van der Waals surface area (Å²) in [7, 11) is 1.77. The first kappa shape index (κ1) is 8.81. The van der Waals surface area contributed by atoms with Gasteiger partial charge in [-0.2, -0.15) is 0 Å². The highest BCUT2D eigenvalue weighted by Gasteiger charge is 2.21. The largest absolute Gasteiger partial charge is 0.351 e. The third-order valence-corrected chi connectivity index (χ3v) is 2.38. The molecule has 4 heteroatoms. The number of hydrogen-bond donors (Lipinski definition) is 1. The van der Waals surface area contributed by atoms with Gasteiger partial charge in [0.05, 0.1) is 6.61 Å². The molecule has 0 radical (unpaired) electrons. The van der Waals surface area contributed by atoms with Crippen LogP contribution in [0.2, 0.25) is 5.02 Å². The molecule has 0 saturated heterocycles. The summed E-state index contributed by atoms with van der Waals surface area (Å²) in [5.41, 5.74) is 1.96. The van der Waals surface area contributed by atoms with Crippen molar-refractivity contribution in [3.8, 4) is 0 Å².